The number of anilines is 2. The molecule has 4 heterocycles. The van der Waals surface area contributed by atoms with Crippen LogP contribution < -0.4 is 21.3 Å². The number of phenols is 1. The molecule has 0 bridgehead atoms. The minimum absolute atomic E-state index is 0.0269. The summed E-state index contributed by atoms with van der Waals surface area (Å²) >= 11 is 0. The maximum absolute atomic E-state index is 13.1. The van der Waals surface area contributed by atoms with Crippen molar-refractivity contribution < 1.29 is 33.8 Å². The van der Waals surface area contributed by atoms with E-state index in [9.17, 15) is 24.3 Å². The van der Waals surface area contributed by atoms with Gasteiger partial charge in [0.25, 0.3) is 5.91 Å². The summed E-state index contributed by atoms with van der Waals surface area (Å²) in [6.45, 7) is 6.40. The Balaban J connectivity index is 0.855. The van der Waals surface area contributed by atoms with Gasteiger partial charge in [0.15, 0.2) is 11.6 Å². The normalized spacial score (nSPS) is 17.7. The van der Waals surface area contributed by atoms with E-state index in [2.05, 4.69) is 32.3 Å². The number of carbonyl (C=O) groups is 4. The van der Waals surface area contributed by atoms with E-state index in [1.807, 2.05) is 18.2 Å². The fourth-order valence-electron chi connectivity index (χ4n) is 6.80. The number of fused-ring (bicyclic) bond motifs is 1. The van der Waals surface area contributed by atoms with Gasteiger partial charge in [-0.2, -0.15) is 0 Å². The number of nitrogens with zero attached hydrogens (tertiary/aromatic N) is 4. The Labute approximate surface area is 296 Å². The minimum Gasteiger partial charge on any atom is -0.507 e. The van der Waals surface area contributed by atoms with E-state index < -0.39 is 6.04 Å². The molecule has 3 aliphatic rings. The lowest BCUT2D eigenvalue weighted by molar-refractivity contribution is -0.126. The number of phenolic OH excluding ortho intramolecular Hbond substituents is 1. The lowest BCUT2D eigenvalue weighted by atomic mass is 9.95. The molecule has 14 heteroatoms. The van der Waals surface area contributed by atoms with Gasteiger partial charge in [-0.3, -0.25) is 19.2 Å². The molecule has 268 valence electrons. The SMILES string of the molecule is C=C1CCC(N2Cc3c(CC(=O)COCCOCCNC(=O)C4CCN(c5cc(-c6ccccc6O)nnc5N)CC4)cccc3C2=O)C(=O)N1. The molecule has 14 nitrogen and oxygen atoms in total. The van der Waals surface area contributed by atoms with Crippen LogP contribution in [0.25, 0.3) is 11.3 Å². The molecule has 3 aromatic rings. The number of aromatic nitrogens is 2. The maximum Gasteiger partial charge on any atom is 0.255 e. The number of hydrogen-bond acceptors (Lipinski definition) is 11. The molecular weight excluding hydrogens is 654 g/mol. The summed E-state index contributed by atoms with van der Waals surface area (Å²) < 4.78 is 11.1. The first-order valence-electron chi connectivity index (χ1n) is 17.2. The zero-order valence-corrected chi connectivity index (χ0v) is 28.4. The van der Waals surface area contributed by atoms with Crippen LogP contribution in [0.3, 0.4) is 0 Å². The fraction of sp³-hybridized carbons (Fsp3) is 0.405. The Bertz CT molecular complexity index is 1810. The smallest absolute Gasteiger partial charge is 0.255 e. The molecule has 6 rings (SSSR count). The lowest BCUT2D eigenvalue weighted by Crippen LogP contribution is -2.49. The molecule has 1 unspecified atom stereocenters. The van der Waals surface area contributed by atoms with E-state index >= 15 is 0 Å². The van der Waals surface area contributed by atoms with E-state index in [-0.39, 0.29) is 68.0 Å². The van der Waals surface area contributed by atoms with E-state index in [0.29, 0.717) is 80.3 Å². The Kier molecular flexibility index (Phi) is 11.2. The Morgan fingerprint density at radius 1 is 1.00 bits per heavy atom. The van der Waals surface area contributed by atoms with E-state index in [0.717, 1.165) is 16.8 Å². The number of ketones is 1. The number of piperidine rings is 2. The van der Waals surface area contributed by atoms with Gasteiger partial charge in [0.2, 0.25) is 11.8 Å². The van der Waals surface area contributed by atoms with Crippen molar-refractivity contribution in [3.63, 3.8) is 0 Å². The summed E-state index contributed by atoms with van der Waals surface area (Å²) in [6, 6.07) is 13.5. The van der Waals surface area contributed by atoms with Crippen LogP contribution in [-0.4, -0.2) is 95.8 Å². The van der Waals surface area contributed by atoms with Crippen molar-refractivity contribution in [1.29, 1.82) is 0 Å². The topological polar surface area (TPSA) is 189 Å². The third kappa shape index (κ3) is 8.35. The van der Waals surface area contributed by atoms with Crippen molar-refractivity contribution in [2.45, 2.75) is 44.7 Å². The number of rotatable bonds is 14. The summed E-state index contributed by atoms with van der Waals surface area (Å²) in [5, 5.41) is 24.1. The highest BCUT2D eigenvalue weighted by Crippen LogP contribution is 2.33. The second-order valence-electron chi connectivity index (χ2n) is 13.0. The van der Waals surface area contributed by atoms with Crippen LogP contribution in [-0.2, 0) is 36.8 Å². The first-order chi connectivity index (χ1) is 24.7. The molecule has 0 saturated carbocycles. The first-order valence-corrected chi connectivity index (χ1v) is 17.2. The van der Waals surface area contributed by atoms with Crippen molar-refractivity contribution in [3.05, 3.63) is 77.5 Å². The summed E-state index contributed by atoms with van der Waals surface area (Å²) in [5.41, 5.74) is 10.7. The van der Waals surface area contributed by atoms with Gasteiger partial charge in [0, 0.05) is 55.3 Å². The molecule has 0 radical (unpaired) electrons. The quantitative estimate of drug-likeness (QED) is 0.181. The average Bonchev–Trinajstić information content (AvgIpc) is 3.46. The number of ether oxygens (including phenoxy) is 2. The van der Waals surface area contributed by atoms with Crippen molar-refractivity contribution >= 4 is 35.0 Å². The molecular formula is C37H43N7O7. The Hall–Kier alpha value is -5.34. The van der Waals surface area contributed by atoms with Gasteiger partial charge in [0.1, 0.15) is 18.4 Å². The number of nitrogen functional groups attached to an aromatic ring is 1. The fourth-order valence-corrected chi connectivity index (χ4v) is 6.80. The molecule has 51 heavy (non-hydrogen) atoms. The summed E-state index contributed by atoms with van der Waals surface area (Å²) in [7, 11) is 0. The second-order valence-corrected chi connectivity index (χ2v) is 13.0. The van der Waals surface area contributed by atoms with Gasteiger partial charge < -0.3 is 40.7 Å². The van der Waals surface area contributed by atoms with Crippen molar-refractivity contribution in [3.8, 4) is 17.0 Å². The zero-order chi connectivity index (χ0) is 35.9. The molecule has 1 aromatic heterocycles. The van der Waals surface area contributed by atoms with Crippen LogP contribution in [0.2, 0.25) is 0 Å². The summed E-state index contributed by atoms with van der Waals surface area (Å²) in [4.78, 5) is 54.8. The predicted molar refractivity (Wildman–Crippen MR) is 188 cm³/mol. The third-order valence-corrected chi connectivity index (χ3v) is 9.55. The Morgan fingerprint density at radius 3 is 2.55 bits per heavy atom. The van der Waals surface area contributed by atoms with Gasteiger partial charge >= 0.3 is 0 Å². The molecule has 2 aromatic carbocycles. The van der Waals surface area contributed by atoms with Crippen molar-refractivity contribution in [2.75, 3.05) is 56.7 Å². The average molecular weight is 698 g/mol. The molecule has 3 amide bonds. The van der Waals surface area contributed by atoms with Crippen LogP contribution in [0, 0.1) is 5.92 Å². The largest absolute Gasteiger partial charge is 0.507 e. The highest BCUT2D eigenvalue weighted by atomic mass is 16.5. The van der Waals surface area contributed by atoms with Crippen LogP contribution in [0.1, 0.15) is 47.2 Å². The molecule has 0 spiro atoms. The number of hydrogen-bond donors (Lipinski definition) is 4. The summed E-state index contributed by atoms with van der Waals surface area (Å²) in [6.07, 6.45) is 2.56. The number of nitrogens with two attached hydrogens (primary N) is 1. The number of para-hydroxylation sites is 1. The molecule has 0 aliphatic carbocycles. The lowest BCUT2D eigenvalue weighted by Gasteiger charge is -2.33. The van der Waals surface area contributed by atoms with Gasteiger partial charge in [-0.15, -0.1) is 10.2 Å². The second kappa shape index (κ2) is 16.1. The minimum atomic E-state index is -0.558. The molecule has 5 N–H and O–H groups in total. The number of benzene rings is 2. The van der Waals surface area contributed by atoms with Gasteiger partial charge in [0.05, 0.1) is 31.2 Å². The highest BCUT2D eigenvalue weighted by Gasteiger charge is 2.39. The zero-order valence-electron chi connectivity index (χ0n) is 28.4. The summed E-state index contributed by atoms with van der Waals surface area (Å²) in [5.74, 6) is -0.311. The highest BCUT2D eigenvalue weighted by molar-refractivity contribution is 6.02. The predicted octanol–water partition coefficient (Wildman–Crippen LogP) is 2.36. The number of carbonyl (C=O) groups excluding carboxylic acids is 4. The molecule has 2 saturated heterocycles. The van der Waals surface area contributed by atoms with Crippen LogP contribution in [0.15, 0.2) is 60.8 Å². The van der Waals surface area contributed by atoms with Crippen LogP contribution >= 0.6 is 0 Å². The number of nitrogens with one attached hydrogen (secondary N) is 2. The van der Waals surface area contributed by atoms with Gasteiger partial charge in [-0.25, -0.2) is 0 Å². The first kappa shape index (κ1) is 35.5. The number of amides is 3. The molecule has 3 aliphatic heterocycles. The van der Waals surface area contributed by atoms with Crippen molar-refractivity contribution in [2.24, 2.45) is 5.92 Å². The van der Waals surface area contributed by atoms with Crippen LogP contribution in [0.5, 0.6) is 5.75 Å². The number of aromatic hydroxyl groups is 1. The third-order valence-electron chi connectivity index (χ3n) is 9.55. The van der Waals surface area contributed by atoms with E-state index in [4.69, 9.17) is 15.2 Å². The molecule has 2 fully saturated rings. The monoisotopic (exact) mass is 697 g/mol. The number of Topliss-reactive ketones (excluding diaryl/α,β-unsaturated/α-hetero) is 1. The maximum atomic E-state index is 13.1. The van der Waals surface area contributed by atoms with Gasteiger partial charge in [-0.1, -0.05) is 30.8 Å². The van der Waals surface area contributed by atoms with E-state index in [1.165, 1.54) is 0 Å². The van der Waals surface area contributed by atoms with Crippen LogP contribution in [0.4, 0.5) is 11.5 Å². The number of allylic oxidation sites excluding steroid dienone is 1. The van der Waals surface area contributed by atoms with E-state index in [1.54, 1.807) is 35.2 Å². The standard InChI is InChI=1S/C37H43N7O7/c1-23-9-10-31(36(48)40-23)44-21-29-25(5-4-7-27(29)37(44)49)19-26(45)22-51-18-17-50-16-13-39-35(47)24-11-14-43(15-12-24)32-20-30(41-42-34(32)38)28-6-2-3-8-33(28)46/h2-8,20,24,31,46H,1,9-19,21-22H2,(H2,38,42)(H,39,47)(H,40,48). The van der Waals surface area contributed by atoms with Crippen molar-refractivity contribution in [1.82, 2.24) is 25.7 Å². The Morgan fingerprint density at radius 2 is 1.76 bits per heavy atom. The molecule has 1 atom stereocenters. The van der Waals surface area contributed by atoms with Gasteiger partial charge in [-0.05, 0) is 61.1 Å².